The molecule has 0 saturated heterocycles. The van der Waals surface area contributed by atoms with Crippen LogP contribution in [0.2, 0.25) is 0 Å². The Morgan fingerprint density at radius 1 is 1.00 bits per heavy atom. The molecule has 0 atom stereocenters. The zero-order valence-corrected chi connectivity index (χ0v) is 17.9. The van der Waals surface area contributed by atoms with Crippen molar-refractivity contribution in [3.05, 3.63) is 73.1 Å². The summed E-state index contributed by atoms with van der Waals surface area (Å²) < 4.78 is 14.4. The van der Waals surface area contributed by atoms with Gasteiger partial charge in [-0.15, -0.1) is 10.2 Å². The van der Waals surface area contributed by atoms with Gasteiger partial charge in [0.1, 0.15) is 11.5 Å². The molecule has 1 amide bonds. The van der Waals surface area contributed by atoms with Crippen molar-refractivity contribution in [1.82, 2.24) is 19.3 Å². The summed E-state index contributed by atoms with van der Waals surface area (Å²) in [6.45, 7) is 0. The van der Waals surface area contributed by atoms with Gasteiger partial charge < -0.3 is 14.8 Å². The molecule has 0 spiro atoms. The van der Waals surface area contributed by atoms with Crippen LogP contribution in [0.5, 0.6) is 11.5 Å². The van der Waals surface area contributed by atoms with E-state index in [4.69, 9.17) is 9.47 Å². The molecule has 2 heterocycles. The lowest BCUT2D eigenvalue weighted by Gasteiger charge is -2.12. The van der Waals surface area contributed by atoms with Gasteiger partial charge in [-0.1, -0.05) is 30.0 Å². The Hall–Kier alpha value is -3.72. The maximum atomic E-state index is 12.6. The number of thioether (sulfide) groups is 1. The zero-order chi connectivity index (χ0) is 21.6. The second kappa shape index (κ2) is 9.40. The lowest BCUT2D eigenvalue weighted by molar-refractivity contribution is -0.113. The quantitative estimate of drug-likeness (QED) is 0.424. The Morgan fingerprint density at radius 2 is 1.81 bits per heavy atom. The summed E-state index contributed by atoms with van der Waals surface area (Å²) in [5, 5.41) is 12.1. The van der Waals surface area contributed by atoms with E-state index in [0.717, 1.165) is 11.4 Å². The van der Waals surface area contributed by atoms with Crippen molar-refractivity contribution < 1.29 is 14.3 Å². The van der Waals surface area contributed by atoms with Crippen LogP contribution in [-0.2, 0) is 4.79 Å². The van der Waals surface area contributed by atoms with Gasteiger partial charge in [-0.2, -0.15) is 0 Å². The van der Waals surface area contributed by atoms with Crippen LogP contribution in [0.15, 0.2) is 78.2 Å². The summed E-state index contributed by atoms with van der Waals surface area (Å²) in [6, 6.07) is 18.7. The van der Waals surface area contributed by atoms with Crippen molar-refractivity contribution in [3.63, 3.8) is 0 Å². The fourth-order valence-electron chi connectivity index (χ4n) is 3.03. The molecule has 8 nitrogen and oxygen atoms in total. The number of nitrogens with zero attached hydrogens (tertiary/aromatic N) is 4. The van der Waals surface area contributed by atoms with Gasteiger partial charge in [0.05, 0.1) is 31.3 Å². The summed E-state index contributed by atoms with van der Waals surface area (Å²) in [4.78, 5) is 12.6. The maximum absolute atomic E-state index is 12.6. The molecule has 0 saturated carbocycles. The summed E-state index contributed by atoms with van der Waals surface area (Å²) in [5.41, 5.74) is 1.46. The molecule has 2 aromatic carbocycles. The minimum Gasteiger partial charge on any atom is -0.497 e. The summed E-state index contributed by atoms with van der Waals surface area (Å²) in [6.07, 6.45) is 3.78. The molecule has 0 radical (unpaired) electrons. The summed E-state index contributed by atoms with van der Waals surface area (Å²) >= 11 is 1.30. The Kier molecular flexibility index (Phi) is 6.23. The number of benzene rings is 2. The molecular formula is C22H21N5O3S. The molecule has 0 fully saturated rings. The van der Waals surface area contributed by atoms with Gasteiger partial charge in [0.25, 0.3) is 0 Å². The topological polar surface area (TPSA) is 83.2 Å². The van der Waals surface area contributed by atoms with Crippen LogP contribution in [0, 0.1) is 0 Å². The third-order valence-corrected chi connectivity index (χ3v) is 5.41. The fourth-order valence-corrected chi connectivity index (χ4v) is 3.78. The third-order valence-electron chi connectivity index (χ3n) is 4.48. The van der Waals surface area contributed by atoms with E-state index in [2.05, 4.69) is 15.5 Å². The Bertz CT molecular complexity index is 1170. The van der Waals surface area contributed by atoms with Gasteiger partial charge in [0, 0.05) is 18.5 Å². The van der Waals surface area contributed by atoms with E-state index in [1.807, 2.05) is 70.1 Å². The van der Waals surface area contributed by atoms with Crippen LogP contribution >= 0.6 is 11.8 Å². The van der Waals surface area contributed by atoms with E-state index in [-0.39, 0.29) is 11.7 Å². The number of hydrogen-bond acceptors (Lipinski definition) is 6. The highest BCUT2D eigenvalue weighted by molar-refractivity contribution is 7.99. The molecule has 9 heteroatoms. The monoisotopic (exact) mass is 435 g/mol. The molecule has 2 aromatic heterocycles. The first-order valence-corrected chi connectivity index (χ1v) is 10.5. The predicted octanol–water partition coefficient (Wildman–Crippen LogP) is 3.81. The van der Waals surface area contributed by atoms with E-state index in [0.29, 0.717) is 22.5 Å². The van der Waals surface area contributed by atoms with Crippen molar-refractivity contribution >= 4 is 23.4 Å². The van der Waals surface area contributed by atoms with Crippen LogP contribution in [0.25, 0.3) is 11.6 Å². The highest BCUT2D eigenvalue weighted by atomic mass is 32.2. The molecule has 4 aromatic rings. The van der Waals surface area contributed by atoms with Gasteiger partial charge in [-0.3, -0.25) is 13.9 Å². The number of anilines is 1. The molecular weight excluding hydrogens is 414 g/mol. The van der Waals surface area contributed by atoms with Crippen molar-refractivity contribution in [2.75, 3.05) is 25.3 Å². The number of methoxy groups -OCH3 is 2. The molecule has 158 valence electrons. The first kappa shape index (κ1) is 20.5. The molecule has 31 heavy (non-hydrogen) atoms. The van der Waals surface area contributed by atoms with Gasteiger partial charge in [0.15, 0.2) is 5.16 Å². The average molecular weight is 436 g/mol. The van der Waals surface area contributed by atoms with E-state index in [1.165, 1.54) is 11.8 Å². The van der Waals surface area contributed by atoms with Crippen molar-refractivity contribution in [1.29, 1.82) is 0 Å². The second-order valence-electron chi connectivity index (χ2n) is 6.45. The molecule has 4 rings (SSSR count). The minimum atomic E-state index is -0.169. The Balaban J connectivity index is 1.59. The van der Waals surface area contributed by atoms with Crippen molar-refractivity contribution in [2.24, 2.45) is 0 Å². The number of aromatic nitrogens is 4. The summed E-state index contributed by atoms with van der Waals surface area (Å²) in [7, 11) is 3.19. The van der Waals surface area contributed by atoms with Crippen LogP contribution in [0.4, 0.5) is 5.69 Å². The zero-order valence-electron chi connectivity index (χ0n) is 17.1. The Morgan fingerprint density at radius 3 is 2.58 bits per heavy atom. The highest BCUT2D eigenvalue weighted by Crippen LogP contribution is 2.27. The number of para-hydroxylation sites is 2. The van der Waals surface area contributed by atoms with Gasteiger partial charge >= 0.3 is 0 Å². The van der Waals surface area contributed by atoms with Crippen LogP contribution in [0.1, 0.15) is 0 Å². The first-order chi connectivity index (χ1) is 15.2. The van der Waals surface area contributed by atoms with Gasteiger partial charge in [-0.05, 0) is 36.4 Å². The van der Waals surface area contributed by atoms with Crippen LogP contribution in [-0.4, -0.2) is 45.2 Å². The lowest BCUT2D eigenvalue weighted by Crippen LogP contribution is -2.15. The molecule has 1 N–H and O–H groups in total. The SMILES string of the molecule is COc1cccc(-n2c(SCC(=O)Nc3ccccc3OC)nnc2-n2cccc2)c1. The minimum absolute atomic E-state index is 0.159. The largest absolute Gasteiger partial charge is 0.497 e. The normalized spacial score (nSPS) is 10.6. The molecule has 0 aliphatic carbocycles. The molecule has 0 aliphatic rings. The average Bonchev–Trinajstić information content (AvgIpc) is 3.48. The van der Waals surface area contributed by atoms with Crippen LogP contribution < -0.4 is 14.8 Å². The Labute approximate surface area is 183 Å². The van der Waals surface area contributed by atoms with E-state index in [1.54, 1.807) is 26.4 Å². The number of rotatable bonds is 8. The van der Waals surface area contributed by atoms with Crippen molar-refractivity contribution in [3.8, 4) is 23.1 Å². The fraction of sp³-hybridized carbons (Fsp3) is 0.136. The number of ether oxygens (including phenoxy) is 2. The number of carbonyl (C=O) groups is 1. The highest BCUT2D eigenvalue weighted by Gasteiger charge is 2.18. The van der Waals surface area contributed by atoms with Gasteiger partial charge in [0.2, 0.25) is 11.9 Å². The summed E-state index contributed by atoms with van der Waals surface area (Å²) in [5.74, 6) is 1.93. The van der Waals surface area contributed by atoms with E-state index in [9.17, 15) is 4.79 Å². The number of nitrogens with one attached hydrogen (secondary N) is 1. The standard InChI is InChI=1S/C22H21N5O3S/c1-29-17-9-7-8-16(14-17)27-21(26-12-5-6-13-26)24-25-22(27)31-15-20(28)23-18-10-3-4-11-19(18)30-2/h3-14H,15H2,1-2H3,(H,23,28). The molecule has 0 bridgehead atoms. The lowest BCUT2D eigenvalue weighted by atomic mass is 10.3. The van der Waals surface area contributed by atoms with Crippen molar-refractivity contribution in [2.45, 2.75) is 5.16 Å². The third kappa shape index (κ3) is 4.56. The maximum Gasteiger partial charge on any atom is 0.240 e. The van der Waals surface area contributed by atoms with Crippen LogP contribution in [0.3, 0.4) is 0 Å². The molecule has 0 unspecified atom stereocenters. The van der Waals surface area contributed by atoms with E-state index >= 15 is 0 Å². The smallest absolute Gasteiger partial charge is 0.240 e. The number of carbonyl (C=O) groups excluding carboxylic acids is 1. The molecule has 0 aliphatic heterocycles. The number of hydrogen-bond donors (Lipinski definition) is 1. The number of amides is 1. The second-order valence-corrected chi connectivity index (χ2v) is 7.39. The van der Waals surface area contributed by atoms with Gasteiger partial charge in [-0.25, -0.2) is 0 Å². The van der Waals surface area contributed by atoms with E-state index < -0.39 is 0 Å². The predicted molar refractivity (Wildman–Crippen MR) is 120 cm³/mol. The first-order valence-electron chi connectivity index (χ1n) is 9.48.